The van der Waals surface area contributed by atoms with Crippen molar-refractivity contribution in [3.05, 3.63) is 35.9 Å². The van der Waals surface area contributed by atoms with Gasteiger partial charge in [-0.3, -0.25) is 0 Å². The SMILES string of the molecule is CC[C@]12CO[C@@H](CO1)C2OCc1ccccc1. The van der Waals surface area contributed by atoms with E-state index in [1.54, 1.807) is 0 Å². The van der Waals surface area contributed by atoms with Crippen LogP contribution in [-0.4, -0.2) is 31.0 Å². The number of fused-ring (bicyclic) bond motifs is 2. The number of hydrogen-bond acceptors (Lipinski definition) is 3. The van der Waals surface area contributed by atoms with Crippen LogP contribution in [0.2, 0.25) is 0 Å². The van der Waals surface area contributed by atoms with Crippen LogP contribution >= 0.6 is 0 Å². The van der Waals surface area contributed by atoms with E-state index in [-0.39, 0.29) is 17.8 Å². The van der Waals surface area contributed by atoms with Gasteiger partial charge in [-0.15, -0.1) is 0 Å². The number of benzene rings is 1. The Morgan fingerprint density at radius 2 is 2.18 bits per heavy atom. The fourth-order valence-corrected chi connectivity index (χ4v) is 2.69. The molecule has 0 radical (unpaired) electrons. The molecule has 92 valence electrons. The van der Waals surface area contributed by atoms with Gasteiger partial charge >= 0.3 is 0 Å². The molecule has 0 aliphatic carbocycles. The smallest absolute Gasteiger partial charge is 0.120 e. The lowest BCUT2D eigenvalue weighted by molar-refractivity contribution is -0.108. The lowest BCUT2D eigenvalue weighted by atomic mass is 9.96. The second-order valence-electron chi connectivity index (χ2n) is 4.80. The van der Waals surface area contributed by atoms with Crippen LogP contribution in [-0.2, 0) is 20.8 Å². The quantitative estimate of drug-likeness (QED) is 0.799. The molecule has 0 amide bonds. The highest BCUT2D eigenvalue weighted by molar-refractivity contribution is 5.14. The maximum Gasteiger partial charge on any atom is 0.120 e. The lowest BCUT2D eigenvalue weighted by Gasteiger charge is -2.27. The van der Waals surface area contributed by atoms with Crippen molar-refractivity contribution in [2.75, 3.05) is 13.2 Å². The van der Waals surface area contributed by atoms with Gasteiger partial charge in [0.25, 0.3) is 0 Å². The molecule has 2 aliphatic rings. The summed E-state index contributed by atoms with van der Waals surface area (Å²) in [6, 6.07) is 10.2. The highest BCUT2D eigenvalue weighted by atomic mass is 16.7. The van der Waals surface area contributed by atoms with E-state index in [1.807, 2.05) is 18.2 Å². The van der Waals surface area contributed by atoms with Gasteiger partial charge in [0.05, 0.1) is 19.8 Å². The van der Waals surface area contributed by atoms with Crippen LogP contribution in [0.1, 0.15) is 18.9 Å². The first-order chi connectivity index (χ1) is 8.34. The number of hydrogen-bond donors (Lipinski definition) is 0. The van der Waals surface area contributed by atoms with Gasteiger partial charge in [0.2, 0.25) is 0 Å². The minimum Gasteiger partial charge on any atom is -0.370 e. The first-order valence-corrected chi connectivity index (χ1v) is 6.25. The Hall–Kier alpha value is -0.900. The molecule has 2 aliphatic heterocycles. The van der Waals surface area contributed by atoms with Crippen molar-refractivity contribution >= 4 is 0 Å². The van der Waals surface area contributed by atoms with E-state index >= 15 is 0 Å². The summed E-state index contributed by atoms with van der Waals surface area (Å²) in [6.45, 7) is 4.12. The van der Waals surface area contributed by atoms with Crippen molar-refractivity contribution in [3.63, 3.8) is 0 Å². The summed E-state index contributed by atoms with van der Waals surface area (Å²) in [5.74, 6) is 0. The molecule has 0 saturated carbocycles. The van der Waals surface area contributed by atoms with Crippen LogP contribution in [0, 0.1) is 0 Å². The predicted octanol–water partition coefficient (Wildman–Crippen LogP) is 2.15. The summed E-state index contributed by atoms with van der Waals surface area (Å²) in [5.41, 5.74) is 1.00. The van der Waals surface area contributed by atoms with E-state index in [0.717, 1.165) is 6.42 Å². The molecule has 0 spiro atoms. The van der Waals surface area contributed by atoms with E-state index in [2.05, 4.69) is 19.1 Å². The normalized spacial score (nSPS) is 35.4. The second-order valence-corrected chi connectivity index (χ2v) is 4.80. The molecule has 3 heteroatoms. The first-order valence-electron chi connectivity index (χ1n) is 6.25. The highest BCUT2D eigenvalue weighted by Gasteiger charge is 2.56. The average Bonchev–Trinajstić information content (AvgIpc) is 2.92. The second kappa shape index (κ2) is 4.41. The number of rotatable bonds is 4. The Balaban J connectivity index is 1.66. The van der Waals surface area contributed by atoms with E-state index < -0.39 is 0 Å². The zero-order valence-electron chi connectivity index (χ0n) is 10.1. The molecule has 2 heterocycles. The molecular formula is C14H18O3. The van der Waals surface area contributed by atoms with Gasteiger partial charge < -0.3 is 14.2 Å². The van der Waals surface area contributed by atoms with Crippen LogP contribution in [0.5, 0.6) is 0 Å². The third-order valence-corrected chi connectivity index (χ3v) is 3.80. The van der Waals surface area contributed by atoms with Gasteiger partial charge in [-0.25, -0.2) is 0 Å². The summed E-state index contributed by atoms with van der Waals surface area (Å²) < 4.78 is 17.6. The lowest BCUT2D eigenvalue weighted by Crippen LogP contribution is -2.40. The highest BCUT2D eigenvalue weighted by Crippen LogP contribution is 2.40. The largest absolute Gasteiger partial charge is 0.370 e. The third kappa shape index (κ3) is 1.88. The van der Waals surface area contributed by atoms with E-state index in [4.69, 9.17) is 14.2 Å². The van der Waals surface area contributed by atoms with Gasteiger partial charge in [0.15, 0.2) is 0 Å². The van der Waals surface area contributed by atoms with Gasteiger partial charge in [-0.2, -0.15) is 0 Å². The molecule has 3 rings (SSSR count). The van der Waals surface area contributed by atoms with Gasteiger partial charge in [-0.05, 0) is 12.0 Å². The minimum atomic E-state index is -0.195. The zero-order valence-corrected chi connectivity index (χ0v) is 10.1. The Kier molecular flexibility index (Phi) is 2.90. The minimum absolute atomic E-state index is 0.0905. The van der Waals surface area contributed by atoms with Crippen LogP contribution in [0.4, 0.5) is 0 Å². The molecule has 3 nitrogen and oxygen atoms in total. The maximum atomic E-state index is 6.02. The molecular weight excluding hydrogens is 216 g/mol. The molecule has 2 saturated heterocycles. The Labute approximate surface area is 102 Å². The monoisotopic (exact) mass is 234 g/mol. The Morgan fingerprint density at radius 3 is 2.82 bits per heavy atom. The van der Waals surface area contributed by atoms with Gasteiger partial charge in [0, 0.05) is 0 Å². The topological polar surface area (TPSA) is 27.7 Å². The third-order valence-electron chi connectivity index (χ3n) is 3.80. The molecule has 1 aromatic rings. The molecule has 0 N–H and O–H groups in total. The molecule has 2 fully saturated rings. The maximum absolute atomic E-state index is 6.02. The van der Waals surface area contributed by atoms with Crippen molar-refractivity contribution in [3.8, 4) is 0 Å². The zero-order chi connectivity index (χ0) is 11.7. The first kappa shape index (κ1) is 11.2. The molecule has 17 heavy (non-hydrogen) atoms. The molecule has 1 aromatic carbocycles. The predicted molar refractivity (Wildman–Crippen MR) is 63.7 cm³/mol. The molecule has 2 bridgehead atoms. The average molecular weight is 234 g/mol. The summed E-state index contributed by atoms with van der Waals surface area (Å²) in [4.78, 5) is 0. The molecule has 0 aromatic heterocycles. The van der Waals surface area contributed by atoms with Crippen LogP contribution < -0.4 is 0 Å². The summed E-state index contributed by atoms with van der Waals surface area (Å²) in [6.07, 6.45) is 1.16. The van der Waals surface area contributed by atoms with Gasteiger partial charge in [-0.1, -0.05) is 37.3 Å². The molecule has 3 atom stereocenters. The van der Waals surface area contributed by atoms with Crippen molar-refractivity contribution in [1.29, 1.82) is 0 Å². The Morgan fingerprint density at radius 1 is 1.35 bits per heavy atom. The molecule has 1 unspecified atom stereocenters. The fourth-order valence-electron chi connectivity index (χ4n) is 2.69. The van der Waals surface area contributed by atoms with E-state index in [0.29, 0.717) is 19.8 Å². The van der Waals surface area contributed by atoms with Gasteiger partial charge in [0.1, 0.15) is 17.8 Å². The Bertz CT molecular complexity index is 368. The van der Waals surface area contributed by atoms with Crippen molar-refractivity contribution in [1.82, 2.24) is 0 Å². The summed E-state index contributed by atoms with van der Waals surface area (Å²) in [5, 5.41) is 0. The number of ether oxygens (including phenoxy) is 3. The van der Waals surface area contributed by atoms with Crippen LogP contribution in [0.15, 0.2) is 30.3 Å². The van der Waals surface area contributed by atoms with E-state index in [1.165, 1.54) is 5.56 Å². The van der Waals surface area contributed by atoms with Crippen LogP contribution in [0.25, 0.3) is 0 Å². The summed E-state index contributed by atoms with van der Waals surface area (Å²) in [7, 11) is 0. The van der Waals surface area contributed by atoms with E-state index in [9.17, 15) is 0 Å². The van der Waals surface area contributed by atoms with Crippen molar-refractivity contribution in [2.45, 2.75) is 37.8 Å². The van der Waals surface area contributed by atoms with Crippen molar-refractivity contribution in [2.24, 2.45) is 0 Å². The standard InChI is InChI=1S/C14H18O3/c1-2-14-10-16-12(9-17-14)13(14)15-8-11-6-4-3-5-7-11/h3-7,12-13H,2,8-10H2,1H3/t12-,13?,14+/m0/s1. The fraction of sp³-hybridized carbons (Fsp3) is 0.571. The van der Waals surface area contributed by atoms with Crippen LogP contribution in [0.3, 0.4) is 0 Å². The van der Waals surface area contributed by atoms with Crippen molar-refractivity contribution < 1.29 is 14.2 Å². The summed E-state index contributed by atoms with van der Waals surface area (Å²) >= 11 is 0.